The molecule has 0 aliphatic heterocycles. The van der Waals surface area contributed by atoms with Gasteiger partial charge in [0.05, 0.1) is 11.2 Å². The Morgan fingerprint density at radius 1 is 1.12 bits per heavy atom. The number of aliphatic carboxylic acids is 1. The van der Waals surface area contributed by atoms with Crippen LogP contribution in [-0.2, 0) is 16.1 Å². The number of hydrogen-bond donors (Lipinski definition) is 3. The van der Waals surface area contributed by atoms with Crippen molar-refractivity contribution >= 4 is 18.7 Å². The van der Waals surface area contributed by atoms with Crippen molar-refractivity contribution in [2.45, 2.75) is 77.4 Å². The topological polar surface area (TPSA) is 78.8 Å². The van der Waals surface area contributed by atoms with E-state index in [0.717, 1.165) is 18.3 Å². The standard InChI is InChI=1S/C19H32BNO4/c1-17(2,3)25-21-15(16(22)23)12-13-8-10-14(11-9-13)20-18(4,5)19(6,7)24/h8-11,15,20-21,24H,12H2,1-7H3,(H,22,23)/t15-/m0/s1. The summed E-state index contributed by atoms with van der Waals surface area (Å²) in [7, 11) is 0.741. The Labute approximate surface area is 152 Å². The maximum absolute atomic E-state index is 11.4. The minimum atomic E-state index is -0.948. The van der Waals surface area contributed by atoms with E-state index in [-0.39, 0.29) is 5.31 Å². The number of carboxylic acid groups (broad SMARTS) is 1. The zero-order chi connectivity index (χ0) is 19.5. The van der Waals surface area contributed by atoms with Crippen LogP contribution >= 0.6 is 0 Å². The number of rotatable bonds is 8. The average molecular weight is 349 g/mol. The molecule has 0 bridgehead atoms. The monoisotopic (exact) mass is 349 g/mol. The first-order valence-electron chi connectivity index (χ1n) is 8.68. The molecule has 0 aromatic heterocycles. The van der Waals surface area contributed by atoms with E-state index in [1.54, 1.807) is 0 Å². The second-order valence-electron chi connectivity index (χ2n) is 8.86. The summed E-state index contributed by atoms with van der Waals surface area (Å²) in [5.41, 5.74) is 3.44. The fourth-order valence-electron chi connectivity index (χ4n) is 2.18. The number of hydroxylamine groups is 1. The predicted molar refractivity (Wildman–Crippen MR) is 103 cm³/mol. The first-order chi connectivity index (χ1) is 11.2. The molecule has 0 spiro atoms. The SMILES string of the molecule is CC(C)(C)ON[C@@H](Cc1ccc(BC(C)(C)C(C)(C)O)cc1)C(=O)O. The third kappa shape index (κ3) is 7.18. The maximum Gasteiger partial charge on any atom is 0.323 e. The lowest BCUT2D eigenvalue weighted by molar-refractivity contribution is -0.150. The zero-order valence-electron chi connectivity index (χ0n) is 16.5. The molecule has 140 valence electrons. The van der Waals surface area contributed by atoms with Crippen molar-refractivity contribution in [3.05, 3.63) is 29.8 Å². The van der Waals surface area contributed by atoms with Crippen molar-refractivity contribution < 1.29 is 19.8 Å². The molecule has 6 heteroatoms. The van der Waals surface area contributed by atoms with E-state index in [2.05, 4.69) is 5.48 Å². The van der Waals surface area contributed by atoms with Crippen molar-refractivity contribution in [3.8, 4) is 0 Å². The number of nitrogens with one attached hydrogen (secondary N) is 1. The molecule has 1 rings (SSSR count). The van der Waals surface area contributed by atoms with E-state index in [4.69, 9.17) is 4.84 Å². The van der Waals surface area contributed by atoms with Gasteiger partial charge in [0.15, 0.2) is 7.28 Å². The fraction of sp³-hybridized carbons (Fsp3) is 0.632. The summed E-state index contributed by atoms with van der Waals surface area (Å²) >= 11 is 0. The third-order valence-corrected chi connectivity index (χ3v) is 4.57. The van der Waals surface area contributed by atoms with E-state index in [1.165, 1.54) is 0 Å². The second-order valence-corrected chi connectivity index (χ2v) is 8.86. The van der Waals surface area contributed by atoms with Crippen LogP contribution in [0, 0.1) is 0 Å². The molecule has 0 unspecified atom stereocenters. The molecule has 0 heterocycles. The maximum atomic E-state index is 11.4. The molecule has 25 heavy (non-hydrogen) atoms. The summed E-state index contributed by atoms with van der Waals surface area (Å²) in [5, 5.41) is 19.4. The molecule has 3 N–H and O–H groups in total. The van der Waals surface area contributed by atoms with E-state index < -0.39 is 23.2 Å². The molecule has 1 aromatic carbocycles. The Morgan fingerprint density at radius 2 is 1.64 bits per heavy atom. The number of carbonyl (C=O) groups is 1. The smallest absolute Gasteiger partial charge is 0.323 e. The molecule has 1 aromatic rings. The second kappa shape index (κ2) is 7.89. The van der Waals surface area contributed by atoms with Crippen molar-refractivity contribution in [2.24, 2.45) is 0 Å². The molecule has 0 fully saturated rings. The van der Waals surface area contributed by atoms with Gasteiger partial charge in [-0.15, -0.1) is 0 Å². The van der Waals surface area contributed by atoms with Gasteiger partial charge in [-0.25, -0.2) is 0 Å². The Balaban J connectivity index is 2.76. The van der Waals surface area contributed by atoms with Crippen LogP contribution in [0.4, 0.5) is 0 Å². The van der Waals surface area contributed by atoms with Gasteiger partial charge in [-0.1, -0.05) is 43.6 Å². The van der Waals surface area contributed by atoms with Crippen LogP contribution in [-0.4, -0.2) is 40.7 Å². The van der Waals surface area contributed by atoms with Crippen LogP contribution in [0.1, 0.15) is 54.0 Å². The molecule has 0 aliphatic rings. The molecular weight excluding hydrogens is 317 g/mol. The summed E-state index contributed by atoms with van der Waals surface area (Å²) < 4.78 is 0. The van der Waals surface area contributed by atoms with Crippen molar-refractivity contribution in [2.75, 3.05) is 0 Å². The van der Waals surface area contributed by atoms with Gasteiger partial charge in [-0.05, 0) is 45.5 Å². The molecule has 0 aliphatic carbocycles. The van der Waals surface area contributed by atoms with Gasteiger partial charge < -0.3 is 10.2 Å². The molecule has 1 atom stereocenters. The predicted octanol–water partition coefficient (Wildman–Crippen LogP) is 2.03. The summed E-state index contributed by atoms with van der Waals surface area (Å²) in [6, 6.07) is 7.05. The molecule has 0 amide bonds. The van der Waals surface area contributed by atoms with Crippen molar-refractivity contribution in [1.29, 1.82) is 0 Å². The first-order valence-corrected chi connectivity index (χ1v) is 8.68. The van der Waals surface area contributed by atoms with Crippen LogP contribution in [0.25, 0.3) is 0 Å². The minimum Gasteiger partial charge on any atom is -0.480 e. The normalized spacial score (nSPS) is 14.2. The molecule has 0 saturated carbocycles. The Bertz CT molecular complexity index is 571. The van der Waals surface area contributed by atoms with E-state index in [1.807, 2.05) is 72.7 Å². The lowest BCUT2D eigenvalue weighted by atomic mass is 9.45. The molecule has 0 radical (unpaired) electrons. The highest BCUT2D eigenvalue weighted by molar-refractivity contribution is 6.57. The quantitative estimate of drug-likeness (QED) is 0.494. The average Bonchev–Trinajstić information content (AvgIpc) is 2.42. The van der Waals surface area contributed by atoms with Crippen LogP contribution in [0.15, 0.2) is 24.3 Å². The largest absolute Gasteiger partial charge is 0.480 e. The van der Waals surface area contributed by atoms with E-state index >= 15 is 0 Å². The Kier molecular flexibility index (Phi) is 6.84. The first kappa shape index (κ1) is 21.7. The number of carboxylic acids is 1. The van der Waals surface area contributed by atoms with Gasteiger partial charge in [0.25, 0.3) is 0 Å². The van der Waals surface area contributed by atoms with E-state index in [9.17, 15) is 15.0 Å². The van der Waals surface area contributed by atoms with Crippen LogP contribution in [0.3, 0.4) is 0 Å². The highest BCUT2D eigenvalue weighted by Crippen LogP contribution is 2.36. The summed E-state index contributed by atoms with van der Waals surface area (Å²) in [5.74, 6) is -0.948. The highest BCUT2D eigenvalue weighted by atomic mass is 16.7. The van der Waals surface area contributed by atoms with Crippen molar-refractivity contribution in [3.63, 3.8) is 0 Å². The van der Waals surface area contributed by atoms with Gasteiger partial charge >= 0.3 is 5.97 Å². The van der Waals surface area contributed by atoms with Crippen LogP contribution in [0.5, 0.6) is 0 Å². The lowest BCUT2D eigenvalue weighted by Gasteiger charge is -2.37. The van der Waals surface area contributed by atoms with Gasteiger partial charge in [-0.3, -0.25) is 9.63 Å². The summed E-state index contributed by atoms with van der Waals surface area (Å²) in [6.45, 7) is 13.3. The fourth-order valence-corrected chi connectivity index (χ4v) is 2.18. The van der Waals surface area contributed by atoms with E-state index in [0.29, 0.717) is 6.42 Å². The molecule has 5 nitrogen and oxygen atoms in total. The molecule has 0 saturated heterocycles. The van der Waals surface area contributed by atoms with Gasteiger partial charge in [0.1, 0.15) is 6.04 Å². The van der Waals surface area contributed by atoms with Crippen LogP contribution in [0.2, 0.25) is 5.31 Å². The van der Waals surface area contributed by atoms with Crippen molar-refractivity contribution in [1.82, 2.24) is 5.48 Å². The Hall–Kier alpha value is -1.37. The van der Waals surface area contributed by atoms with Gasteiger partial charge in [0, 0.05) is 6.42 Å². The highest BCUT2D eigenvalue weighted by Gasteiger charge is 2.35. The number of aliphatic hydroxyl groups is 1. The lowest BCUT2D eigenvalue weighted by Crippen LogP contribution is -2.43. The minimum absolute atomic E-state index is 0.264. The molecular formula is C19H32BNO4. The van der Waals surface area contributed by atoms with Gasteiger partial charge in [0.2, 0.25) is 0 Å². The summed E-state index contributed by atoms with van der Waals surface area (Å²) in [6.07, 6.45) is 0.334. The van der Waals surface area contributed by atoms with Crippen LogP contribution < -0.4 is 10.9 Å². The number of benzene rings is 1. The zero-order valence-corrected chi connectivity index (χ0v) is 16.5. The number of hydrogen-bond acceptors (Lipinski definition) is 4. The van der Waals surface area contributed by atoms with Gasteiger partial charge in [-0.2, -0.15) is 5.48 Å². The summed E-state index contributed by atoms with van der Waals surface area (Å²) in [4.78, 5) is 16.8. The third-order valence-electron chi connectivity index (χ3n) is 4.57. The Morgan fingerprint density at radius 3 is 2.04 bits per heavy atom.